The minimum atomic E-state index is -1.36. The van der Waals surface area contributed by atoms with Crippen molar-refractivity contribution >= 4 is 75.4 Å². The zero-order valence-electron chi connectivity index (χ0n) is 28.5. The number of benzene rings is 4. The van der Waals surface area contributed by atoms with E-state index in [2.05, 4.69) is 52.8 Å². The molecule has 1 aliphatic heterocycles. The van der Waals surface area contributed by atoms with Crippen LogP contribution in [0.2, 0.25) is 15.1 Å². The first kappa shape index (κ1) is 37.3. The lowest BCUT2D eigenvalue weighted by atomic mass is 9.81. The largest absolute Gasteiger partial charge is 0.497 e. The fourth-order valence-electron chi connectivity index (χ4n) is 5.07. The Bertz CT molecular complexity index is 2010. The van der Waals surface area contributed by atoms with Crippen molar-refractivity contribution in [1.82, 2.24) is 5.32 Å². The van der Waals surface area contributed by atoms with E-state index in [0.29, 0.717) is 22.9 Å². The topological polar surface area (TPSA) is 134 Å². The zero-order valence-corrected chi connectivity index (χ0v) is 30.7. The van der Waals surface area contributed by atoms with Gasteiger partial charge >= 0.3 is 0 Å². The average molecular weight is 750 g/mol. The molecular weight excluding hydrogens is 715 g/mol. The van der Waals surface area contributed by atoms with E-state index in [4.69, 9.17) is 44.3 Å². The lowest BCUT2D eigenvalue weighted by Crippen LogP contribution is -2.39. The SMILES string of the molecule is CCC(C)(C)c1cc(C)ccc1OCC(=O)Nc1cccc(C(=O)NC2=NN(c3c(Cl)cc(Cl)cc3Cl)C(=O)C2N=Nc2ccc(OC)cc2)c1. The molecule has 3 amide bonds. The number of carbonyl (C=O) groups excluding carboxylic acids is 3. The van der Waals surface area contributed by atoms with Crippen LogP contribution in [0.1, 0.15) is 48.7 Å². The minimum absolute atomic E-state index is 0.0584. The lowest BCUT2D eigenvalue weighted by Gasteiger charge is -2.26. The summed E-state index contributed by atoms with van der Waals surface area (Å²) in [5, 5.41) is 19.5. The van der Waals surface area contributed by atoms with Gasteiger partial charge < -0.3 is 20.1 Å². The number of carbonyl (C=O) groups is 3. The summed E-state index contributed by atoms with van der Waals surface area (Å²) < 4.78 is 11.1. The number of aryl methyl sites for hydroxylation is 1. The van der Waals surface area contributed by atoms with E-state index in [1.807, 2.05) is 19.1 Å². The molecule has 1 atom stereocenters. The van der Waals surface area contributed by atoms with Gasteiger partial charge in [0, 0.05) is 21.8 Å². The maximum absolute atomic E-state index is 13.7. The fourth-order valence-corrected chi connectivity index (χ4v) is 6.05. The summed E-state index contributed by atoms with van der Waals surface area (Å²) in [6.07, 6.45) is 0.890. The van der Waals surface area contributed by atoms with Gasteiger partial charge in [0.05, 0.1) is 22.8 Å². The molecule has 4 aromatic carbocycles. The van der Waals surface area contributed by atoms with Gasteiger partial charge in [-0.3, -0.25) is 14.4 Å². The second-order valence-electron chi connectivity index (χ2n) is 12.3. The molecule has 0 bridgehead atoms. The van der Waals surface area contributed by atoms with Crippen LogP contribution >= 0.6 is 34.8 Å². The Kier molecular flexibility index (Phi) is 11.6. The second-order valence-corrected chi connectivity index (χ2v) is 13.5. The molecule has 0 spiro atoms. The van der Waals surface area contributed by atoms with Gasteiger partial charge in [-0.1, -0.05) is 79.3 Å². The molecule has 0 aromatic heterocycles. The van der Waals surface area contributed by atoms with Crippen LogP contribution in [0.5, 0.6) is 11.5 Å². The summed E-state index contributed by atoms with van der Waals surface area (Å²) in [5.41, 5.74) is 2.99. The lowest BCUT2D eigenvalue weighted by molar-refractivity contribution is -0.118. The van der Waals surface area contributed by atoms with Crippen LogP contribution in [0.3, 0.4) is 0 Å². The molecule has 0 radical (unpaired) electrons. The molecule has 51 heavy (non-hydrogen) atoms. The molecule has 264 valence electrons. The van der Waals surface area contributed by atoms with Gasteiger partial charge in [0.1, 0.15) is 17.2 Å². The van der Waals surface area contributed by atoms with Crippen molar-refractivity contribution in [1.29, 1.82) is 0 Å². The van der Waals surface area contributed by atoms with E-state index >= 15 is 0 Å². The van der Waals surface area contributed by atoms with Crippen molar-refractivity contribution in [3.63, 3.8) is 0 Å². The van der Waals surface area contributed by atoms with Crippen LogP contribution in [0, 0.1) is 6.92 Å². The Morgan fingerprint density at radius 1 is 0.961 bits per heavy atom. The van der Waals surface area contributed by atoms with Crippen molar-refractivity contribution in [2.45, 2.75) is 45.6 Å². The molecule has 0 aliphatic carbocycles. The number of halogens is 3. The van der Waals surface area contributed by atoms with Crippen LogP contribution in [0.4, 0.5) is 17.1 Å². The summed E-state index contributed by atoms with van der Waals surface area (Å²) in [4.78, 5) is 40.1. The number of rotatable bonds is 11. The number of azo groups is 1. The maximum atomic E-state index is 13.7. The zero-order chi connectivity index (χ0) is 36.9. The van der Waals surface area contributed by atoms with E-state index in [1.165, 1.54) is 25.3 Å². The summed E-state index contributed by atoms with van der Waals surface area (Å²) in [5.74, 6) is -0.590. The maximum Gasteiger partial charge on any atom is 0.282 e. The summed E-state index contributed by atoms with van der Waals surface area (Å²) in [6.45, 7) is 8.14. The van der Waals surface area contributed by atoms with E-state index in [1.54, 1.807) is 42.5 Å². The molecule has 1 heterocycles. The van der Waals surface area contributed by atoms with Crippen molar-refractivity contribution in [2.75, 3.05) is 24.0 Å². The number of hydrazone groups is 1. The van der Waals surface area contributed by atoms with Crippen LogP contribution < -0.4 is 25.1 Å². The van der Waals surface area contributed by atoms with Gasteiger partial charge in [-0.05, 0) is 79.4 Å². The standard InChI is InChI=1S/C37H35Cl3N6O5/c1-6-37(3,4)27-16-21(2)10-15-30(27)51-20-31(47)41-25-9-7-8-22(17-25)35(48)42-34-32(44-43-24-11-13-26(50-5)14-12-24)36(49)46(45-34)33-28(39)18-23(38)19-29(33)40/h7-19,32H,6,20H2,1-5H3,(H,41,47)(H,42,45,48). The number of amidine groups is 1. The molecule has 0 saturated heterocycles. The number of anilines is 2. The fraction of sp³-hybridized carbons (Fsp3) is 0.243. The van der Waals surface area contributed by atoms with Crippen molar-refractivity contribution in [3.05, 3.63) is 111 Å². The second kappa shape index (κ2) is 15.9. The number of hydrogen-bond donors (Lipinski definition) is 2. The van der Waals surface area contributed by atoms with E-state index in [0.717, 1.165) is 22.6 Å². The first-order valence-electron chi connectivity index (χ1n) is 15.9. The van der Waals surface area contributed by atoms with E-state index in [-0.39, 0.29) is 44.2 Å². The third-order valence-electron chi connectivity index (χ3n) is 8.22. The highest BCUT2D eigenvalue weighted by Crippen LogP contribution is 2.39. The number of amides is 3. The summed E-state index contributed by atoms with van der Waals surface area (Å²) in [7, 11) is 1.54. The van der Waals surface area contributed by atoms with Crippen LogP contribution in [-0.2, 0) is 15.0 Å². The van der Waals surface area contributed by atoms with Gasteiger partial charge in [0.2, 0.25) is 6.04 Å². The number of methoxy groups -OCH3 is 1. The van der Waals surface area contributed by atoms with E-state index in [9.17, 15) is 14.4 Å². The molecule has 4 aromatic rings. The Labute approximate surface area is 310 Å². The van der Waals surface area contributed by atoms with Crippen LogP contribution in [-0.4, -0.2) is 43.3 Å². The Hall–Kier alpha value is -4.97. The van der Waals surface area contributed by atoms with Crippen LogP contribution in [0.25, 0.3) is 0 Å². The Morgan fingerprint density at radius 2 is 1.67 bits per heavy atom. The predicted molar refractivity (Wildman–Crippen MR) is 200 cm³/mol. The predicted octanol–water partition coefficient (Wildman–Crippen LogP) is 8.91. The third-order valence-corrected chi connectivity index (χ3v) is 9.02. The molecule has 0 fully saturated rings. The summed E-state index contributed by atoms with van der Waals surface area (Å²) >= 11 is 18.9. The molecular formula is C37H35Cl3N6O5. The van der Waals surface area contributed by atoms with Gasteiger partial charge in [0.25, 0.3) is 17.7 Å². The minimum Gasteiger partial charge on any atom is -0.497 e. The molecule has 5 rings (SSSR count). The van der Waals surface area contributed by atoms with Crippen molar-refractivity contribution in [2.24, 2.45) is 15.3 Å². The highest BCUT2D eigenvalue weighted by molar-refractivity contribution is 6.43. The quantitative estimate of drug-likeness (QED) is 0.148. The molecule has 1 unspecified atom stereocenters. The third kappa shape index (κ3) is 8.86. The molecule has 0 saturated carbocycles. The highest BCUT2D eigenvalue weighted by atomic mass is 35.5. The number of nitrogens with zero attached hydrogens (tertiary/aromatic N) is 4. The number of nitrogens with one attached hydrogen (secondary N) is 2. The van der Waals surface area contributed by atoms with E-state index < -0.39 is 23.8 Å². The van der Waals surface area contributed by atoms with Gasteiger partial charge in [0.15, 0.2) is 12.4 Å². The highest BCUT2D eigenvalue weighted by Gasteiger charge is 2.40. The van der Waals surface area contributed by atoms with Crippen molar-refractivity contribution in [3.8, 4) is 11.5 Å². The molecule has 14 heteroatoms. The average Bonchev–Trinajstić information content (AvgIpc) is 3.39. The monoisotopic (exact) mass is 748 g/mol. The van der Waals surface area contributed by atoms with Gasteiger partial charge in [-0.2, -0.15) is 15.2 Å². The normalized spacial score (nSPS) is 14.4. The van der Waals surface area contributed by atoms with Gasteiger partial charge in [-0.15, -0.1) is 5.10 Å². The first-order valence-corrected chi connectivity index (χ1v) is 17.0. The first-order chi connectivity index (χ1) is 24.3. The smallest absolute Gasteiger partial charge is 0.282 e. The van der Waals surface area contributed by atoms with Crippen LogP contribution in [0.15, 0.2) is 94.2 Å². The molecule has 1 aliphatic rings. The Balaban J connectivity index is 1.34. The molecule has 11 nitrogen and oxygen atoms in total. The van der Waals surface area contributed by atoms with Crippen molar-refractivity contribution < 1.29 is 23.9 Å². The summed E-state index contributed by atoms with van der Waals surface area (Å²) in [6, 6.07) is 20.3. The van der Waals surface area contributed by atoms with Gasteiger partial charge in [-0.25, -0.2) is 0 Å². The molecule has 2 N–H and O–H groups in total. The number of ether oxygens (including phenoxy) is 2. The Morgan fingerprint density at radius 3 is 2.33 bits per heavy atom. The number of hydrogen-bond acceptors (Lipinski definition) is 8.